The molecule has 2 rings (SSSR count). The highest BCUT2D eigenvalue weighted by Gasteiger charge is 2.16. The minimum atomic E-state index is 0.202. The third-order valence-corrected chi connectivity index (χ3v) is 11.4. The van der Waals surface area contributed by atoms with Crippen molar-refractivity contribution in [1.82, 2.24) is 8.61 Å². The van der Waals surface area contributed by atoms with Crippen LogP contribution >= 0.6 is 67.1 Å². The van der Waals surface area contributed by atoms with Crippen molar-refractivity contribution < 1.29 is 9.59 Å². The largest absolute Gasteiger partial charge is 0.272 e. The second-order valence-corrected chi connectivity index (χ2v) is 14.0. The first-order valence-corrected chi connectivity index (χ1v) is 16.0. The Morgan fingerprint density at radius 2 is 0.963 bits per heavy atom. The van der Waals surface area contributed by atoms with Gasteiger partial charge in [0.25, 0.3) is 8.89 Å². The molecular formula is C17H30N2O2S6. The van der Waals surface area contributed by atoms with Gasteiger partial charge in [-0.25, -0.2) is 8.61 Å². The van der Waals surface area contributed by atoms with Crippen molar-refractivity contribution in [2.24, 2.45) is 0 Å². The summed E-state index contributed by atoms with van der Waals surface area (Å²) in [6, 6.07) is 0. The molecular weight excluding hydrogens is 457 g/mol. The first kappa shape index (κ1) is 24.6. The van der Waals surface area contributed by atoms with Crippen LogP contribution in [0.3, 0.4) is 0 Å². The third-order valence-electron chi connectivity index (χ3n) is 4.25. The van der Waals surface area contributed by atoms with Crippen molar-refractivity contribution in [3.05, 3.63) is 0 Å². The Morgan fingerprint density at radius 3 is 1.33 bits per heavy atom. The SMILES string of the molecule is O=C(SSCCCSSC(=O)SN1CCCCCC1)SN1CCCCCC1. The van der Waals surface area contributed by atoms with Crippen molar-refractivity contribution in [3.63, 3.8) is 0 Å². The summed E-state index contributed by atoms with van der Waals surface area (Å²) in [6.45, 7) is 4.16. The number of carbonyl (C=O) groups excluding carboxylic acids is 2. The molecule has 0 amide bonds. The molecule has 2 aliphatic heterocycles. The van der Waals surface area contributed by atoms with Gasteiger partial charge >= 0.3 is 0 Å². The van der Waals surface area contributed by atoms with E-state index in [1.165, 1.54) is 96.9 Å². The Morgan fingerprint density at radius 1 is 0.593 bits per heavy atom. The molecule has 10 heteroatoms. The lowest BCUT2D eigenvalue weighted by Gasteiger charge is -2.16. The number of hydrogen-bond donors (Lipinski definition) is 0. The second-order valence-electron chi connectivity index (χ2n) is 6.53. The van der Waals surface area contributed by atoms with Crippen LogP contribution in [0.1, 0.15) is 57.8 Å². The molecule has 156 valence electrons. The Bertz CT molecular complexity index is 390. The van der Waals surface area contributed by atoms with E-state index in [0.29, 0.717) is 0 Å². The number of carbonyl (C=O) groups is 2. The molecule has 2 aliphatic rings. The topological polar surface area (TPSA) is 40.6 Å². The van der Waals surface area contributed by atoms with Gasteiger partial charge in [-0.3, -0.25) is 9.59 Å². The van der Waals surface area contributed by atoms with Gasteiger partial charge in [-0.05, 0) is 53.7 Å². The van der Waals surface area contributed by atoms with E-state index >= 15 is 0 Å². The molecule has 4 nitrogen and oxygen atoms in total. The van der Waals surface area contributed by atoms with E-state index in [1.807, 2.05) is 0 Å². The lowest BCUT2D eigenvalue weighted by Crippen LogP contribution is -2.17. The number of hydrogen-bond acceptors (Lipinski definition) is 10. The van der Waals surface area contributed by atoms with Gasteiger partial charge in [0.1, 0.15) is 0 Å². The lowest BCUT2D eigenvalue weighted by atomic mass is 10.2. The van der Waals surface area contributed by atoms with Crippen LogP contribution in [0.5, 0.6) is 0 Å². The fourth-order valence-corrected chi connectivity index (χ4v) is 9.31. The summed E-state index contributed by atoms with van der Waals surface area (Å²) in [7, 11) is 6.03. The maximum absolute atomic E-state index is 12.0. The van der Waals surface area contributed by atoms with E-state index in [9.17, 15) is 9.59 Å². The number of nitrogens with zero attached hydrogens (tertiary/aromatic N) is 2. The van der Waals surface area contributed by atoms with E-state index in [4.69, 9.17) is 0 Å². The fourth-order valence-electron chi connectivity index (χ4n) is 2.86. The summed E-state index contributed by atoms with van der Waals surface area (Å²) in [5.74, 6) is 1.91. The highest BCUT2D eigenvalue weighted by atomic mass is 33.1. The molecule has 0 aromatic rings. The van der Waals surface area contributed by atoms with Gasteiger partial charge in [0.2, 0.25) is 0 Å². The number of rotatable bonds is 8. The van der Waals surface area contributed by atoms with E-state index < -0.39 is 0 Å². The van der Waals surface area contributed by atoms with Crippen molar-refractivity contribution in [3.8, 4) is 0 Å². The van der Waals surface area contributed by atoms with E-state index in [2.05, 4.69) is 8.61 Å². The van der Waals surface area contributed by atoms with E-state index in [0.717, 1.165) is 44.1 Å². The van der Waals surface area contributed by atoms with Gasteiger partial charge in [-0.15, -0.1) is 0 Å². The highest BCUT2D eigenvalue weighted by molar-refractivity contribution is 8.86. The predicted molar refractivity (Wildman–Crippen MR) is 131 cm³/mol. The molecule has 0 bridgehead atoms. The van der Waals surface area contributed by atoms with Crippen LogP contribution < -0.4 is 0 Å². The summed E-state index contributed by atoms with van der Waals surface area (Å²) in [5.41, 5.74) is 0. The molecule has 27 heavy (non-hydrogen) atoms. The summed E-state index contributed by atoms with van der Waals surface area (Å²) in [6.07, 6.45) is 11.0. The van der Waals surface area contributed by atoms with Gasteiger partial charge in [0.15, 0.2) is 0 Å². The van der Waals surface area contributed by atoms with Gasteiger partial charge < -0.3 is 0 Å². The molecule has 0 saturated carbocycles. The minimum absolute atomic E-state index is 0.202. The van der Waals surface area contributed by atoms with Gasteiger partial charge in [-0.1, -0.05) is 47.3 Å². The molecule has 2 fully saturated rings. The zero-order valence-corrected chi connectivity index (χ0v) is 20.7. The molecule has 2 saturated heterocycles. The molecule has 0 radical (unpaired) electrons. The average Bonchev–Trinajstić information content (AvgIpc) is 3.06. The molecule has 0 aromatic heterocycles. The fraction of sp³-hybridized carbons (Fsp3) is 0.882. The third kappa shape index (κ3) is 12.6. The monoisotopic (exact) mass is 486 g/mol. The zero-order chi connectivity index (χ0) is 19.2. The Hall–Kier alpha value is 1.36. The standard InChI is InChI=1S/C17H30N2O2S6/c20-16(24-18-10-5-1-2-6-11-18)26-22-14-9-15-23-27-17(21)25-19-12-7-3-4-8-13-19/h1-15H2. The smallest absolute Gasteiger partial charge is 0.271 e. The van der Waals surface area contributed by atoms with Crippen LogP contribution in [-0.2, 0) is 0 Å². The second kappa shape index (κ2) is 16.1. The normalized spacial score (nSPS) is 20.1. The molecule has 0 aliphatic carbocycles. The molecule has 0 spiro atoms. The molecule has 0 atom stereocenters. The highest BCUT2D eigenvalue weighted by Crippen LogP contribution is 2.34. The summed E-state index contributed by atoms with van der Waals surface area (Å²) < 4.78 is 4.85. The molecule has 0 aromatic carbocycles. The summed E-state index contributed by atoms with van der Waals surface area (Å²) in [5, 5.41) is 0. The van der Waals surface area contributed by atoms with Crippen LogP contribution in [0.4, 0.5) is 9.59 Å². The van der Waals surface area contributed by atoms with Gasteiger partial charge in [0.05, 0.1) is 0 Å². The van der Waals surface area contributed by atoms with Crippen molar-refractivity contribution in [2.75, 3.05) is 37.7 Å². The van der Waals surface area contributed by atoms with Crippen molar-refractivity contribution >= 4 is 76.0 Å². The summed E-state index contributed by atoms with van der Waals surface area (Å²) in [4.78, 5) is 24.0. The van der Waals surface area contributed by atoms with E-state index in [1.54, 1.807) is 21.6 Å². The quantitative estimate of drug-likeness (QED) is 0.196. The molecule has 2 heterocycles. The Balaban J connectivity index is 1.41. The van der Waals surface area contributed by atoms with Crippen LogP contribution in [0.15, 0.2) is 0 Å². The first-order valence-electron chi connectivity index (χ1n) is 9.77. The van der Waals surface area contributed by atoms with Crippen molar-refractivity contribution in [2.45, 2.75) is 57.8 Å². The predicted octanol–water partition coefficient (Wildman–Crippen LogP) is 7.43. The van der Waals surface area contributed by atoms with Crippen LogP contribution in [0, 0.1) is 0 Å². The zero-order valence-electron chi connectivity index (χ0n) is 15.8. The maximum Gasteiger partial charge on any atom is 0.271 e. The molecule has 0 N–H and O–H groups in total. The van der Waals surface area contributed by atoms with E-state index in [-0.39, 0.29) is 8.89 Å². The molecule has 0 unspecified atom stereocenters. The lowest BCUT2D eigenvalue weighted by molar-refractivity contribution is 0.275. The maximum atomic E-state index is 12.0. The first-order chi connectivity index (χ1) is 13.2. The van der Waals surface area contributed by atoms with Crippen molar-refractivity contribution in [1.29, 1.82) is 0 Å². The Labute approximate surface area is 188 Å². The van der Waals surface area contributed by atoms with Crippen LogP contribution in [-0.4, -0.2) is 55.2 Å². The average molecular weight is 487 g/mol. The Kier molecular flexibility index (Phi) is 14.7. The van der Waals surface area contributed by atoms with Gasteiger partial charge in [-0.2, -0.15) is 0 Å². The summed E-state index contributed by atoms with van der Waals surface area (Å²) >= 11 is 2.80. The minimum Gasteiger partial charge on any atom is -0.272 e. The van der Waals surface area contributed by atoms with Gasteiger partial charge in [0, 0.05) is 61.6 Å². The van der Waals surface area contributed by atoms with Crippen LogP contribution in [0.25, 0.3) is 0 Å². The van der Waals surface area contributed by atoms with Crippen LogP contribution in [0.2, 0.25) is 0 Å².